The van der Waals surface area contributed by atoms with Crippen LogP contribution in [0.4, 0.5) is 4.79 Å². The highest BCUT2D eigenvalue weighted by Crippen LogP contribution is 2.25. The largest absolute Gasteiger partial charge is 0.480 e. The summed E-state index contributed by atoms with van der Waals surface area (Å²) in [6.45, 7) is 5.42. The Hall–Kier alpha value is -1.73. The van der Waals surface area contributed by atoms with E-state index in [4.69, 9.17) is 5.11 Å². The Morgan fingerprint density at radius 1 is 1.32 bits per heavy atom. The summed E-state index contributed by atoms with van der Waals surface area (Å²) in [5.74, 6) is -0.805. The number of rotatable bonds is 9. The number of carbonyl (C=O) groups excluding carboxylic acids is 1. The van der Waals surface area contributed by atoms with E-state index in [1.807, 2.05) is 30.0 Å². The average Bonchev–Trinajstić information content (AvgIpc) is 2.55. The number of amides is 2. The van der Waals surface area contributed by atoms with Crippen LogP contribution in [0.3, 0.4) is 0 Å². The summed E-state index contributed by atoms with van der Waals surface area (Å²) in [4.78, 5) is 25.9. The van der Waals surface area contributed by atoms with Gasteiger partial charge in [0, 0.05) is 28.8 Å². The monoisotopic (exact) mass is 365 g/mol. The second-order valence-corrected chi connectivity index (χ2v) is 7.89. The van der Waals surface area contributed by atoms with Crippen molar-refractivity contribution in [2.45, 2.75) is 48.9 Å². The third-order valence-electron chi connectivity index (χ3n) is 4.34. The third-order valence-corrected chi connectivity index (χ3v) is 5.45. The molecule has 1 aliphatic carbocycles. The molecule has 0 aliphatic heterocycles. The van der Waals surface area contributed by atoms with Crippen molar-refractivity contribution in [3.8, 4) is 0 Å². The van der Waals surface area contributed by atoms with E-state index in [2.05, 4.69) is 29.7 Å². The number of aliphatic carboxylic acids is 1. The molecule has 1 aromatic carbocycles. The molecule has 1 fully saturated rings. The highest BCUT2D eigenvalue weighted by atomic mass is 32.2. The van der Waals surface area contributed by atoms with Gasteiger partial charge in [-0.05, 0) is 31.5 Å². The van der Waals surface area contributed by atoms with Gasteiger partial charge in [0.1, 0.15) is 0 Å². The lowest BCUT2D eigenvalue weighted by molar-refractivity contribution is -0.139. The Kier molecular flexibility index (Phi) is 7.58. The van der Waals surface area contributed by atoms with Crippen LogP contribution in [0.1, 0.15) is 26.7 Å². The maximum atomic E-state index is 12.0. The number of nitrogens with zero attached hydrogens (tertiary/aromatic N) is 1. The Morgan fingerprint density at radius 3 is 2.60 bits per heavy atom. The van der Waals surface area contributed by atoms with Crippen LogP contribution in [0.25, 0.3) is 0 Å². The molecule has 1 unspecified atom stereocenters. The standard InChI is InChI=1S/C18H27N3O3S/c1-3-21(12-17(22)23)15-9-14(10-15)20-18(24)19-11-13(2)25-16-7-5-4-6-8-16/h4-8,13-15H,3,9-12H2,1-2H3,(H,22,23)(H2,19,20,24). The van der Waals surface area contributed by atoms with Crippen LogP contribution in [-0.4, -0.2) is 59.0 Å². The van der Waals surface area contributed by atoms with Crippen LogP contribution < -0.4 is 10.6 Å². The lowest BCUT2D eigenvalue weighted by Gasteiger charge is -2.42. The van der Waals surface area contributed by atoms with Gasteiger partial charge in [-0.1, -0.05) is 32.0 Å². The van der Waals surface area contributed by atoms with Crippen molar-refractivity contribution in [1.82, 2.24) is 15.5 Å². The highest BCUT2D eigenvalue weighted by molar-refractivity contribution is 8.00. The number of urea groups is 1. The summed E-state index contributed by atoms with van der Waals surface area (Å²) in [6, 6.07) is 10.4. The van der Waals surface area contributed by atoms with Gasteiger partial charge in [0.05, 0.1) is 6.54 Å². The van der Waals surface area contributed by atoms with Crippen LogP contribution in [0.5, 0.6) is 0 Å². The molecule has 7 heteroatoms. The van der Waals surface area contributed by atoms with Crippen LogP contribution in [-0.2, 0) is 4.79 Å². The summed E-state index contributed by atoms with van der Waals surface area (Å²) >= 11 is 1.73. The Morgan fingerprint density at radius 2 is 2.00 bits per heavy atom. The first-order valence-electron chi connectivity index (χ1n) is 8.69. The van der Waals surface area contributed by atoms with Gasteiger partial charge in [-0.2, -0.15) is 0 Å². The lowest BCUT2D eigenvalue weighted by Crippen LogP contribution is -2.56. The van der Waals surface area contributed by atoms with Gasteiger partial charge in [-0.3, -0.25) is 9.69 Å². The maximum absolute atomic E-state index is 12.0. The molecular formula is C18H27N3O3S. The number of likely N-dealkylation sites (N-methyl/N-ethyl adjacent to an activating group) is 1. The molecule has 0 radical (unpaired) electrons. The number of thioether (sulfide) groups is 1. The van der Waals surface area contributed by atoms with E-state index < -0.39 is 5.97 Å². The average molecular weight is 365 g/mol. The van der Waals surface area contributed by atoms with Crippen LogP contribution in [0, 0.1) is 0 Å². The van der Waals surface area contributed by atoms with Gasteiger partial charge in [0.2, 0.25) is 0 Å². The molecule has 0 spiro atoms. The molecule has 0 saturated heterocycles. The van der Waals surface area contributed by atoms with Gasteiger partial charge in [0.25, 0.3) is 0 Å². The summed E-state index contributed by atoms with van der Waals surface area (Å²) in [6.07, 6.45) is 1.62. The normalized spacial score (nSPS) is 20.6. The molecule has 0 aromatic heterocycles. The number of carboxylic acids is 1. The smallest absolute Gasteiger partial charge is 0.317 e. The van der Waals surface area contributed by atoms with Gasteiger partial charge >= 0.3 is 12.0 Å². The second kappa shape index (κ2) is 9.68. The number of hydrogen-bond donors (Lipinski definition) is 3. The fourth-order valence-electron chi connectivity index (χ4n) is 2.92. The predicted octanol–water partition coefficient (Wildman–Crippen LogP) is 2.40. The van der Waals surface area contributed by atoms with Crippen molar-refractivity contribution < 1.29 is 14.7 Å². The molecule has 2 rings (SSSR count). The van der Waals surface area contributed by atoms with Gasteiger partial charge in [-0.15, -0.1) is 11.8 Å². The summed E-state index contributed by atoms with van der Waals surface area (Å²) in [5.41, 5.74) is 0. The van der Waals surface area contributed by atoms with Crippen molar-refractivity contribution in [2.75, 3.05) is 19.6 Å². The minimum Gasteiger partial charge on any atom is -0.480 e. The van der Waals surface area contributed by atoms with E-state index in [0.717, 1.165) is 12.8 Å². The molecule has 1 saturated carbocycles. The molecule has 0 heterocycles. The van der Waals surface area contributed by atoms with E-state index >= 15 is 0 Å². The third kappa shape index (κ3) is 6.59. The Balaban J connectivity index is 1.62. The van der Waals surface area contributed by atoms with Gasteiger partial charge in [0.15, 0.2) is 0 Å². The van der Waals surface area contributed by atoms with Crippen LogP contribution >= 0.6 is 11.8 Å². The zero-order valence-electron chi connectivity index (χ0n) is 14.8. The SMILES string of the molecule is CCN(CC(=O)O)C1CC(NC(=O)NCC(C)Sc2ccccc2)C1. The number of nitrogens with one attached hydrogen (secondary N) is 2. The number of carbonyl (C=O) groups is 2. The van der Waals surface area contributed by atoms with Crippen molar-refractivity contribution in [2.24, 2.45) is 0 Å². The minimum atomic E-state index is -0.805. The van der Waals surface area contributed by atoms with Gasteiger partial charge in [-0.25, -0.2) is 4.79 Å². The fourth-order valence-corrected chi connectivity index (χ4v) is 3.87. The van der Waals surface area contributed by atoms with Crippen molar-refractivity contribution in [3.05, 3.63) is 30.3 Å². The zero-order chi connectivity index (χ0) is 18.2. The first kappa shape index (κ1) is 19.6. The molecular weight excluding hydrogens is 338 g/mol. The Labute approximate surface area is 153 Å². The Bertz CT molecular complexity index is 564. The van der Waals surface area contributed by atoms with Gasteiger partial charge < -0.3 is 15.7 Å². The predicted molar refractivity (Wildman–Crippen MR) is 100.0 cm³/mol. The molecule has 0 bridgehead atoms. The molecule has 1 aromatic rings. The van der Waals surface area contributed by atoms with E-state index in [0.29, 0.717) is 13.1 Å². The van der Waals surface area contributed by atoms with E-state index in [9.17, 15) is 9.59 Å². The van der Waals surface area contributed by atoms with E-state index in [1.165, 1.54) is 4.90 Å². The summed E-state index contributed by atoms with van der Waals surface area (Å²) in [5, 5.41) is 15.1. The second-order valence-electron chi connectivity index (χ2n) is 6.37. The van der Waals surface area contributed by atoms with Crippen molar-refractivity contribution >= 4 is 23.8 Å². The quantitative estimate of drug-likeness (QED) is 0.586. The fraction of sp³-hybridized carbons (Fsp3) is 0.556. The lowest BCUT2D eigenvalue weighted by atomic mass is 9.85. The topological polar surface area (TPSA) is 81.7 Å². The summed E-state index contributed by atoms with van der Waals surface area (Å²) < 4.78 is 0. The zero-order valence-corrected chi connectivity index (χ0v) is 15.6. The summed E-state index contributed by atoms with van der Waals surface area (Å²) in [7, 11) is 0. The molecule has 138 valence electrons. The maximum Gasteiger partial charge on any atom is 0.317 e. The van der Waals surface area contributed by atoms with E-state index in [-0.39, 0.29) is 29.9 Å². The molecule has 3 N–H and O–H groups in total. The molecule has 25 heavy (non-hydrogen) atoms. The van der Waals surface area contributed by atoms with E-state index in [1.54, 1.807) is 11.8 Å². The number of carboxylic acid groups (broad SMARTS) is 1. The van der Waals surface area contributed by atoms with Crippen LogP contribution in [0.2, 0.25) is 0 Å². The van der Waals surface area contributed by atoms with Crippen molar-refractivity contribution in [1.29, 1.82) is 0 Å². The van der Waals surface area contributed by atoms with Crippen molar-refractivity contribution in [3.63, 3.8) is 0 Å². The van der Waals surface area contributed by atoms with Crippen LogP contribution in [0.15, 0.2) is 35.2 Å². The first-order chi connectivity index (χ1) is 12.0. The molecule has 6 nitrogen and oxygen atoms in total. The highest BCUT2D eigenvalue weighted by Gasteiger charge is 2.34. The minimum absolute atomic E-state index is 0.0638. The molecule has 2 amide bonds. The first-order valence-corrected chi connectivity index (χ1v) is 9.57. The molecule has 1 atom stereocenters. The number of hydrogen-bond acceptors (Lipinski definition) is 4. The number of benzene rings is 1. The molecule has 1 aliphatic rings.